The molecule has 3 nitrogen and oxygen atoms in total. The Labute approximate surface area is 186 Å². The molecule has 3 aromatic rings. The van der Waals surface area contributed by atoms with Crippen LogP contribution in [0.15, 0.2) is 66.9 Å². The summed E-state index contributed by atoms with van der Waals surface area (Å²) in [6.45, 7) is 3.74. The number of aromatic nitrogens is 1. The highest BCUT2D eigenvalue weighted by molar-refractivity contribution is 6.36. The van der Waals surface area contributed by atoms with Crippen molar-refractivity contribution in [3.8, 4) is 0 Å². The number of anilines is 1. The van der Waals surface area contributed by atoms with Gasteiger partial charge < -0.3 is 4.90 Å². The smallest absolute Gasteiger partial charge is 0.0670 e. The first kappa shape index (κ1) is 20.5. The minimum atomic E-state index is 0.184. The number of hydrogen-bond donors (Lipinski definition) is 0. The molecule has 1 unspecified atom stereocenters. The molecule has 6 heteroatoms. The molecule has 2 aromatic carbocycles. The first-order chi connectivity index (χ1) is 14.1. The molecule has 0 saturated carbocycles. The summed E-state index contributed by atoms with van der Waals surface area (Å²) in [5.41, 5.74) is 3.36. The van der Waals surface area contributed by atoms with E-state index in [1.807, 2.05) is 48.7 Å². The quantitative estimate of drug-likeness (QED) is 0.469. The van der Waals surface area contributed by atoms with E-state index in [0.717, 1.165) is 49.0 Å². The van der Waals surface area contributed by atoms with Crippen LogP contribution in [-0.4, -0.2) is 36.1 Å². The molecule has 1 aliphatic heterocycles. The van der Waals surface area contributed by atoms with Crippen molar-refractivity contribution in [3.05, 3.63) is 93.2 Å². The molecule has 2 heterocycles. The average Bonchev–Trinajstić information content (AvgIpc) is 2.74. The van der Waals surface area contributed by atoms with Gasteiger partial charge in [0.15, 0.2) is 0 Å². The lowest BCUT2D eigenvalue weighted by atomic mass is 10.0. The van der Waals surface area contributed by atoms with Crippen LogP contribution in [0.4, 0.5) is 5.69 Å². The molecule has 1 aliphatic rings. The average molecular weight is 447 g/mol. The largest absolute Gasteiger partial charge is 0.361 e. The van der Waals surface area contributed by atoms with Crippen molar-refractivity contribution >= 4 is 40.5 Å². The van der Waals surface area contributed by atoms with E-state index in [9.17, 15) is 0 Å². The Hall–Kier alpha value is -1.78. The monoisotopic (exact) mass is 445 g/mol. The number of benzene rings is 2. The van der Waals surface area contributed by atoms with Gasteiger partial charge in [0.1, 0.15) is 0 Å². The van der Waals surface area contributed by atoms with Crippen LogP contribution in [0.5, 0.6) is 0 Å². The Morgan fingerprint density at radius 1 is 0.897 bits per heavy atom. The number of piperazine rings is 1. The van der Waals surface area contributed by atoms with Crippen molar-refractivity contribution in [3.63, 3.8) is 0 Å². The number of hydrogen-bond acceptors (Lipinski definition) is 3. The van der Waals surface area contributed by atoms with E-state index >= 15 is 0 Å². The highest BCUT2D eigenvalue weighted by Gasteiger charge is 2.29. The molecule has 1 atom stereocenters. The van der Waals surface area contributed by atoms with E-state index in [1.165, 1.54) is 5.56 Å². The van der Waals surface area contributed by atoms with Crippen molar-refractivity contribution in [2.45, 2.75) is 12.5 Å². The Morgan fingerprint density at radius 3 is 2.41 bits per heavy atom. The molecule has 0 N–H and O–H groups in total. The lowest BCUT2D eigenvalue weighted by Gasteiger charge is -2.43. The van der Waals surface area contributed by atoms with Gasteiger partial charge in [0, 0.05) is 54.5 Å². The SMILES string of the molecule is Clc1ccc(C2CN(CCc3ccccn3)CCN2c2ccc(Cl)cc2Cl)cc1. The zero-order valence-corrected chi connectivity index (χ0v) is 18.2. The van der Waals surface area contributed by atoms with Crippen molar-refractivity contribution in [1.82, 2.24) is 9.88 Å². The topological polar surface area (TPSA) is 19.4 Å². The molecule has 1 aromatic heterocycles. The Kier molecular flexibility index (Phi) is 6.61. The summed E-state index contributed by atoms with van der Waals surface area (Å²) in [6.07, 6.45) is 2.79. The molecule has 150 valence electrons. The molecule has 1 fully saturated rings. The first-order valence-corrected chi connectivity index (χ1v) is 10.8. The second-order valence-electron chi connectivity index (χ2n) is 7.23. The zero-order valence-electron chi connectivity index (χ0n) is 15.9. The summed E-state index contributed by atoms with van der Waals surface area (Å²) >= 11 is 18.8. The number of rotatable bonds is 5. The van der Waals surface area contributed by atoms with Crippen molar-refractivity contribution in [1.29, 1.82) is 0 Å². The Bertz CT molecular complexity index is 947. The van der Waals surface area contributed by atoms with Crippen LogP contribution < -0.4 is 4.90 Å². The molecule has 4 rings (SSSR count). The van der Waals surface area contributed by atoms with Gasteiger partial charge in [-0.25, -0.2) is 0 Å². The molecule has 0 spiro atoms. The summed E-state index contributed by atoms with van der Waals surface area (Å²) in [6, 6.07) is 20.1. The minimum Gasteiger partial charge on any atom is -0.361 e. The lowest BCUT2D eigenvalue weighted by Crippen LogP contribution is -2.49. The molecule has 0 radical (unpaired) electrons. The van der Waals surface area contributed by atoms with Crippen molar-refractivity contribution in [2.75, 3.05) is 31.1 Å². The van der Waals surface area contributed by atoms with E-state index in [4.69, 9.17) is 34.8 Å². The zero-order chi connectivity index (χ0) is 20.2. The highest BCUT2D eigenvalue weighted by Crippen LogP contribution is 2.36. The third-order valence-corrected chi connectivity index (χ3v) is 6.14. The number of halogens is 3. The molecule has 29 heavy (non-hydrogen) atoms. The van der Waals surface area contributed by atoms with Crippen LogP contribution in [0.3, 0.4) is 0 Å². The van der Waals surface area contributed by atoms with Crippen molar-refractivity contribution < 1.29 is 0 Å². The normalized spacial score (nSPS) is 17.5. The molecule has 0 aliphatic carbocycles. The molecule has 1 saturated heterocycles. The van der Waals surface area contributed by atoms with Gasteiger partial charge in [-0.2, -0.15) is 0 Å². The fourth-order valence-electron chi connectivity index (χ4n) is 3.83. The van der Waals surface area contributed by atoms with Gasteiger partial charge >= 0.3 is 0 Å². The van der Waals surface area contributed by atoms with Gasteiger partial charge in [0.05, 0.1) is 16.8 Å². The summed E-state index contributed by atoms with van der Waals surface area (Å²) in [7, 11) is 0. The van der Waals surface area contributed by atoms with Crippen LogP contribution in [0.25, 0.3) is 0 Å². The van der Waals surface area contributed by atoms with Gasteiger partial charge in [-0.05, 0) is 48.0 Å². The third-order valence-electron chi connectivity index (χ3n) is 5.35. The molecular weight excluding hydrogens is 425 g/mol. The fraction of sp³-hybridized carbons (Fsp3) is 0.261. The fourth-order valence-corrected chi connectivity index (χ4v) is 4.48. The van der Waals surface area contributed by atoms with Gasteiger partial charge in [-0.15, -0.1) is 0 Å². The maximum absolute atomic E-state index is 6.55. The van der Waals surface area contributed by atoms with Crippen LogP contribution in [-0.2, 0) is 6.42 Å². The van der Waals surface area contributed by atoms with E-state index in [2.05, 4.69) is 33.0 Å². The predicted octanol–water partition coefficient (Wildman–Crippen LogP) is 6.15. The van der Waals surface area contributed by atoms with Gasteiger partial charge in [0.2, 0.25) is 0 Å². The van der Waals surface area contributed by atoms with Crippen LogP contribution >= 0.6 is 34.8 Å². The molecule has 0 amide bonds. The summed E-state index contributed by atoms with van der Waals surface area (Å²) in [5, 5.41) is 2.07. The van der Waals surface area contributed by atoms with Crippen LogP contribution in [0, 0.1) is 0 Å². The number of nitrogens with zero attached hydrogens (tertiary/aromatic N) is 3. The Morgan fingerprint density at radius 2 is 1.69 bits per heavy atom. The number of pyridine rings is 1. The van der Waals surface area contributed by atoms with Gasteiger partial charge in [-0.3, -0.25) is 9.88 Å². The van der Waals surface area contributed by atoms with E-state index in [-0.39, 0.29) is 6.04 Å². The highest BCUT2D eigenvalue weighted by atomic mass is 35.5. The first-order valence-electron chi connectivity index (χ1n) is 9.69. The van der Waals surface area contributed by atoms with E-state index in [1.54, 1.807) is 0 Å². The second-order valence-corrected chi connectivity index (χ2v) is 8.51. The van der Waals surface area contributed by atoms with Crippen LogP contribution in [0.2, 0.25) is 15.1 Å². The maximum Gasteiger partial charge on any atom is 0.0670 e. The van der Waals surface area contributed by atoms with E-state index in [0.29, 0.717) is 10.0 Å². The minimum absolute atomic E-state index is 0.184. The molecular formula is C23H22Cl3N3. The lowest BCUT2D eigenvalue weighted by molar-refractivity contribution is 0.225. The third kappa shape index (κ3) is 5.04. The van der Waals surface area contributed by atoms with Crippen molar-refractivity contribution in [2.24, 2.45) is 0 Å². The molecule has 0 bridgehead atoms. The summed E-state index contributed by atoms with van der Waals surface area (Å²) in [4.78, 5) is 9.32. The predicted molar refractivity (Wildman–Crippen MR) is 122 cm³/mol. The second kappa shape index (κ2) is 9.36. The summed E-state index contributed by atoms with van der Waals surface area (Å²) in [5.74, 6) is 0. The Balaban J connectivity index is 1.56. The van der Waals surface area contributed by atoms with Gasteiger partial charge in [-0.1, -0.05) is 53.0 Å². The van der Waals surface area contributed by atoms with Crippen LogP contribution in [0.1, 0.15) is 17.3 Å². The van der Waals surface area contributed by atoms with Gasteiger partial charge in [0.25, 0.3) is 0 Å². The summed E-state index contributed by atoms with van der Waals surface area (Å²) < 4.78 is 0. The maximum atomic E-state index is 6.55. The van der Waals surface area contributed by atoms with E-state index < -0.39 is 0 Å². The standard InChI is InChI=1S/C23H22Cl3N3/c24-18-6-4-17(5-7-18)23-16-28(12-10-20-3-1-2-11-27-20)13-14-29(23)22-9-8-19(25)15-21(22)26/h1-9,11,15,23H,10,12-14,16H2.